The van der Waals surface area contributed by atoms with Crippen LogP contribution in [-0.4, -0.2) is 26.6 Å². The van der Waals surface area contributed by atoms with E-state index in [1.165, 1.54) is 0 Å². The molecule has 0 aliphatic heterocycles. The Bertz CT molecular complexity index is 1060. The Balaban J connectivity index is 1.57. The van der Waals surface area contributed by atoms with Gasteiger partial charge in [0.25, 0.3) is 5.91 Å². The highest BCUT2D eigenvalue weighted by Crippen LogP contribution is 2.28. The maximum atomic E-state index is 12.4. The van der Waals surface area contributed by atoms with Gasteiger partial charge in [-0.1, -0.05) is 42.5 Å². The summed E-state index contributed by atoms with van der Waals surface area (Å²) in [6.07, 6.45) is 0. The first-order valence-corrected chi connectivity index (χ1v) is 10.0. The molecule has 0 bridgehead atoms. The molecule has 0 aromatic heterocycles. The van der Waals surface area contributed by atoms with Crippen molar-refractivity contribution in [3.05, 3.63) is 89.5 Å². The predicted octanol–water partition coefficient (Wildman–Crippen LogP) is 2.80. The summed E-state index contributed by atoms with van der Waals surface area (Å²) >= 11 is 0. The number of likely N-dealkylation sites (N-methyl/N-ethyl adjacent to an activating group) is 1. The molecule has 0 heterocycles. The minimum atomic E-state index is -0.144. The zero-order valence-corrected chi connectivity index (χ0v) is 17.7. The molecule has 0 aliphatic carbocycles. The Morgan fingerprint density at radius 2 is 1.74 bits per heavy atom. The van der Waals surface area contributed by atoms with E-state index in [0.29, 0.717) is 35.9 Å². The van der Waals surface area contributed by atoms with E-state index >= 15 is 0 Å². The highest BCUT2D eigenvalue weighted by Gasteiger charge is 2.14. The Morgan fingerprint density at radius 1 is 1.00 bits per heavy atom. The fraction of sp³-hybridized carbons (Fsp3) is 0.200. The van der Waals surface area contributed by atoms with Gasteiger partial charge in [-0.15, -0.1) is 0 Å². The first-order chi connectivity index (χ1) is 15.1. The molecule has 6 nitrogen and oxygen atoms in total. The van der Waals surface area contributed by atoms with Crippen molar-refractivity contribution in [2.45, 2.75) is 13.2 Å². The summed E-state index contributed by atoms with van der Waals surface area (Å²) in [5.41, 5.74) is 3.10. The summed E-state index contributed by atoms with van der Waals surface area (Å²) in [6.45, 7) is 1.38. The van der Waals surface area contributed by atoms with Crippen LogP contribution in [0.4, 0.5) is 5.69 Å². The van der Waals surface area contributed by atoms with Gasteiger partial charge in [0.1, 0.15) is 19.2 Å². The fourth-order valence-electron chi connectivity index (χ4n) is 3.25. The standard InChI is InChI=1S/C25H25N3O3/c1-28(17-25(29)27-22-11-7-6-10-21(22)15-26)16-20-12-13-23(24(14-20)30-2)31-18-19-8-4-3-5-9-19/h3-14H,16-18H2,1-2H3,(H,27,29)/p+1. The molecule has 3 aromatic rings. The quantitative estimate of drug-likeness (QED) is 0.563. The Hall–Kier alpha value is -3.82. The second-order valence-corrected chi connectivity index (χ2v) is 7.28. The average Bonchev–Trinajstić information content (AvgIpc) is 2.79. The molecular formula is C25H26N3O3+. The second kappa shape index (κ2) is 10.8. The molecule has 0 spiro atoms. The molecular weight excluding hydrogens is 390 g/mol. The number of carbonyl (C=O) groups excluding carboxylic acids is 1. The Morgan fingerprint density at radius 3 is 2.48 bits per heavy atom. The van der Waals surface area contributed by atoms with Gasteiger partial charge in [0.15, 0.2) is 18.0 Å². The number of para-hydroxylation sites is 1. The van der Waals surface area contributed by atoms with E-state index in [0.717, 1.165) is 16.0 Å². The normalized spacial score (nSPS) is 11.3. The number of nitrogens with zero attached hydrogens (tertiary/aromatic N) is 1. The summed E-state index contributed by atoms with van der Waals surface area (Å²) in [7, 11) is 3.56. The topological polar surface area (TPSA) is 75.8 Å². The number of benzene rings is 3. The van der Waals surface area contributed by atoms with E-state index in [1.807, 2.05) is 55.6 Å². The van der Waals surface area contributed by atoms with Crippen molar-refractivity contribution in [3.63, 3.8) is 0 Å². The lowest BCUT2D eigenvalue weighted by atomic mass is 10.2. The molecule has 158 valence electrons. The molecule has 3 aromatic carbocycles. The lowest BCUT2D eigenvalue weighted by molar-refractivity contribution is -0.885. The highest BCUT2D eigenvalue weighted by atomic mass is 16.5. The van der Waals surface area contributed by atoms with Crippen LogP contribution >= 0.6 is 0 Å². The maximum absolute atomic E-state index is 12.4. The Labute approximate surface area is 182 Å². The van der Waals surface area contributed by atoms with Crippen molar-refractivity contribution in [1.82, 2.24) is 0 Å². The van der Waals surface area contributed by atoms with Crippen LogP contribution in [0.15, 0.2) is 72.8 Å². The lowest BCUT2D eigenvalue weighted by Gasteiger charge is -2.16. The molecule has 3 rings (SSSR count). The molecule has 31 heavy (non-hydrogen) atoms. The van der Waals surface area contributed by atoms with Crippen LogP contribution in [0.2, 0.25) is 0 Å². The number of nitrogens with one attached hydrogen (secondary N) is 2. The lowest BCUT2D eigenvalue weighted by Crippen LogP contribution is -3.08. The number of methoxy groups -OCH3 is 1. The third-order valence-corrected chi connectivity index (χ3v) is 4.76. The number of quaternary nitrogens is 1. The molecule has 0 fully saturated rings. The van der Waals surface area contributed by atoms with Gasteiger partial charge >= 0.3 is 0 Å². The summed E-state index contributed by atoms with van der Waals surface area (Å²) in [5.74, 6) is 1.20. The van der Waals surface area contributed by atoms with Crippen LogP contribution in [-0.2, 0) is 17.9 Å². The number of hydrogen-bond acceptors (Lipinski definition) is 4. The van der Waals surface area contributed by atoms with E-state index in [1.54, 1.807) is 31.4 Å². The molecule has 6 heteroatoms. The minimum absolute atomic E-state index is 0.144. The third kappa shape index (κ3) is 6.33. The van der Waals surface area contributed by atoms with Gasteiger partial charge in [0.2, 0.25) is 0 Å². The Kier molecular flexibility index (Phi) is 7.63. The van der Waals surface area contributed by atoms with Crippen LogP contribution < -0.4 is 19.7 Å². The minimum Gasteiger partial charge on any atom is -0.493 e. The van der Waals surface area contributed by atoms with Crippen molar-refractivity contribution in [2.24, 2.45) is 0 Å². The summed E-state index contributed by atoms with van der Waals surface area (Å²) in [4.78, 5) is 13.4. The van der Waals surface area contributed by atoms with E-state index in [9.17, 15) is 4.79 Å². The first kappa shape index (κ1) is 21.9. The van der Waals surface area contributed by atoms with Gasteiger partial charge in [0.05, 0.1) is 25.4 Å². The molecule has 0 radical (unpaired) electrons. The van der Waals surface area contributed by atoms with E-state index in [2.05, 4.69) is 11.4 Å². The molecule has 0 saturated carbocycles. The fourth-order valence-corrected chi connectivity index (χ4v) is 3.25. The van der Waals surface area contributed by atoms with Crippen molar-refractivity contribution >= 4 is 11.6 Å². The average molecular weight is 417 g/mol. The van der Waals surface area contributed by atoms with Crippen molar-refractivity contribution < 1.29 is 19.2 Å². The number of hydrogen-bond donors (Lipinski definition) is 2. The molecule has 1 atom stereocenters. The van der Waals surface area contributed by atoms with Gasteiger partial charge in [-0.25, -0.2) is 0 Å². The van der Waals surface area contributed by atoms with E-state index < -0.39 is 0 Å². The smallest absolute Gasteiger partial charge is 0.279 e. The van der Waals surface area contributed by atoms with Crippen LogP contribution in [0.25, 0.3) is 0 Å². The zero-order chi connectivity index (χ0) is 22.1. The number of carbonyl (C=O) groups is 1. The van der Waals surface area contributed by atoms with Gasteiger partial charge < -0.3 is 19.7 Å². The van der Waals surface area contributed by atoms with Gasteiger partial charge in [-0.2, -0.15) is 5.26 Å². The number of amides is 1. The van der Waals surface area contributed by atoms with Crippen molar-refractivity contribution in [2.75, 3.05) is 26.0 Å². The summed E-state index contributed by atoms with van der Waals surface area (Å²) < 4.78 is 11.4. The molecule has 2 N–H and O–H groups in total. The number of anilines is 1. The molecule has 0 saturated heterocycles. The second-order valence-electron chi connectivity index (χ2n) is 7.28. The SMILES string of the molecule is COc1cc(C[NH+](C)CC(=O)Nc2ccccc2C#N)ccc1OCc1ccccc1. The number of nitriles is 1. The first-order valence-electron chi connectivity index (χ1n) is 10.0. The summed E-state index contributed by atoms with van der Waals surface area (Å²) in [6, 6.07) is 24.8. The van der Waals surface area contributed by atoms with Crippen LogP contribution in [0.1, 0.15) is 16.7 Å². The molecule has 1 amide bonds. The monoisotopic (exact) mass is 416 g/mol. The van der Waals surface area contributed by atoms with Crippen molar-refractivity contribution in [3.8, 4) is 17.6 Å². The van der Waals surface area contributed by atoms with Gasteiger partial charge in [-0.3, -0.25) is 4.79 Å². The van der Waals surface area contributed by atoms with Gasteiger partial charge in [-0.05, 0) is 35.9 Å². The predicted molar refractivity (Wildman–Crippen MR) is 119 cm³/mol. The molecule has 1 unspecified atom stereocenters. The molecule has 0 aliphatic rings. The van der Waals surface area contributed by atoms with Gasteiger partial charge in [0, 0.05) is 5.56 Å². The van der Waals surface area contributed by atoms with E-state index in [4.69, 9.17) is 14.7 Å². The zero-order valence-electron chi connectivity index (χ0n) is 17.7. The van der Waals surface area contributed by atoms with Crippen molar-refractivity contribution in [1.29, 1.82) is 5.26 Å². The van der Waals surface area contributed by atoms with Crippen LogP contribution in [0, 0.1) is 11.3 Å². The summed E-state index contributed by atoms with van der Waals surface area (Å²) in [5, 5.41) is 12.0. The van der Waals surface area contributed by atoms with Crippen LogP contribution in [0.3, 0.4) is 0 Å². The van der Waals surface area contributed by atoms with Crippen LogP contribution in [0.5, 0.6) is 11.5 Å². The maximum Gasteiger partial charge on any atom is 0.279 e. The van der Waals surface area contributed by atoms with E-state index in [-0.39, 0.29) is 12.5 Å². The number of ether oxygens (including phenoxy) is 2. The largest absolute Gasteiger partial charge is 0.493 e. The third-order valence-electron chi connectivity index (χ3n) is 4.76. The number of rotatable bonds is 9. The highest BCUT2D eigenvalue weighted by molar-refractivity contribution is 5.92.